The molecule has 0 aliphatic carbocycles. The smallest absolute Gasteiger partial charge is 0.338 e. The Hall–Kier alpha value is -3.14. The van der Waals surface area contributed by atoms with Crippen molar-refractivity contribution in [2.24, 2.45) is 5.73 Å². The van der Waals surface area contributed by atoms with E-state index >= 15 is 0 Å². The van der Waals surface area contributed by atoms with Crippen LogP contribution in [0.5, 0.6) is 5.75 Å². The molecule has 0 saturated heterocycles. The molecule has 2 aromatic rings. The van der Waals surface area contributed by atoms with E-state index < -0.39 is 11.9 Å². The maximum atomic E-state index is 12.7. The highest BCUT2D eigenvalue weighted by Crippen LogP contribution is 2.44. The normalized spacial score (nSPS) is 15.9. The average molecular weight is 459 g/mol. The third-order valence-corrected chi connectivity index (χ3v) is 5.18. The van der Waals surface area contributed by atoms with Crippen molar-refractivity contribution >= 4 is 29.2 Å². The van der Waals surface area contributed by atoms with Crippen molar-refractivity contribution < 1.29 is 19.0 Å². The summed E-state index contributed by atoms with van der Waals surface area (Å²) in [6, 6.07) is 14.3. The molecule has 0 fully saturated rings. The van der Waals surface area contributed by atoms with E-state index in [1.54, 1.807) is 44.2 Å². The molecule has 1 heterocycles. The number of esters is 1. The summed E-state index contributed by atoms with van der Waals surface area (Å²) in [4.78, 5) is 12.7. The lowest BCUT2D eigenvalue weighted by Gasteiger charge is -2.28. The molecular weight excluding hydrogens is 439 g/mol. The first-order valence-electron chi connectivity index (χ1n) is 9.47. The van der Waals surface area contributed by atoms with E-state index in [9.17, 15) is 10.1 Å². The number of hydrogen-bond donors (Lipinski definition) is 1. The van der Waals surface area contributed by atoms with Gasteiger partial charge in [-0.3, -0.25) is 0 Å². The van der Waals surface area contributed by atoms with Gasteiger partial charge in [-0.15, -0.1) is 0 Å². The van der Waals surface area contributed by atoms with Gasteiger partial charge in [-0.25, -0.2) is 4.79 Å². The van der Waals surface area contributed by atoms with Gasteiger partial charge in [0.1, 0.15) is 29.8 Å². The van der Waals surface area contributed by atoms with Crippen molar-refractivity contribution in [3.63, 3.8) is 0 Å². The van der Waals surface area contributed by atoms with Gasteiger partial charge in [-0.2, -0.15) is 5.26 Å². The summed E-state index contributed by atoms with van der Waals surface area (Å²) in [6.45, 7) is 3.70. The first-order valence-corrected chi connectivity index (χ1v) is 10.2. The SMILES string of the molecule is CCOC(=O)C1=C(C)OC(N)=C(C#N)C1c1cc(Cl)ccc1OCc1ccc(Cl)cc1. The van der Waals surface area contributed by atoms with E-state index in [-0.39, 0.29) is 36.0 Å². The number of benzene rings is 2. The second kappa shape index (κ2) is 9.78. The first-order chi connectivity index (χ1) is 14.8. The lowest BCUT2D eigenvalue weighted by atomic mass is 9.82. The van der Waals surface area contributed by atoms with Crippen LogP contribution in [-0.2, 0) is 20.9 Å². The third kappa shape index (κ3) is 4.96. The number of carbonyl (C=O) groups is 1. The maximum absolute atomic E-state index is 12.7. The van der Waals surface area contributed by atoms with Gasteiger partial charge in [-0.05, 0) is 49.7 Å². The Kier molecular flexibility index (Phi) is 7.11. The lowest BCUT2D eigenvalue weighted by Crippen LogP contribution is -2.26. The molecule has 0 saturated carbocycles. The van der Waals surface area contributed by atoms with Crippen LogP contribution < -0.4 is 10.5 Å². The molecular formula is C23H20Cl2N2O4. The summed E-state index contributed by atoms with van der Waals surface area (Å²) in [5.41, 5.74) is 7.62. The number of ether oxygens (including phenoxy) is 3. The van der Waals surface area contributed by atoms with Crippen molar-refractivity contribution in [1.29, 1.82) is 5.26 Å². The van der Waals surface area contributed by atoms with Crippen LogP contribution in [0.1, 0.15) is 30.9 Å². The number of rotatable bonds is 6. The molecule has 8 heteroatoms. The quantitative estimate of drug-likeness (QED) is 0.596. The van der Waals surface area contributed by atoms with Gasteiger partial charge < -0.3 is 19.9 Å². The second-order valence-electron chi connectivity index (χ2n) is 6.71. The highest BCUT2D eigenvalue weighted by atomic mass is 35.5. The van der Waals surface area contributed by atoms with Crippen LogP contribution in [0.3, 0.4) is 0 Å². The summed E-state index contributed by atoms with van der Waals surface area (Å²) in [7, 11) is 0. The zero-order chi connectivity index (χ0) is 22.5. The van der Waals surface area contributed by atoms with E-state index in [0.29, 0.717) is 21.4 Å². The number of nitriles is 1. The Morgan fingerprint density at radius 3 is 2.52 bits per heavy atom. The molecule has 1 atom stereocenters. The monoisotopic (exact) mass is 458 g/mol. The zero-order valence-corrected chi connectivity index (χ0v) is 18.5. The third-order valence-electron chi connectivity index (χ3n) is 4.69. The summed E-state index contributed by atoms with van der Waals surface area (Å²) < 4.78 is 16.7. The highest BCUT2D eigenvalue weighted by Gasteiger charge is 2.38. The largest absolute Gasteiger partial charge is 0.489 e. The molecule has 1 unspecified atom stereocenters. The molecule has 0 amide bonds. The molecule has 1 aliphatic heterocycles. The summed E-state index contributed by atoms with van der Waals surface area (Å²) in [5, 5.41) is 10.8. The first kappa shape index (κ1) is 22.5. The predicted octanol–water partition coefficient (Wildman–Crippen LogP) is 5.22. The van der Waals surface area contributed by atoms with E-state index in [2.05, 4.69) is 6.07 Å². The Bertz CT molecular complexity index is 1100. The van der Waals surface area contributed by atoms with E-state index in [4.69, 9.17) is 43.1 Å². The van der Waals surface area contributed by atoms with E-state index in [1.165, 1.54) is 0 Å². The van der Waals surface area contributed by atoms with Gasteiger partial charge in [-0.1, -0.05) is 35.3 Å². The number of carbonyl (C=O) groups excluding carboxylic acids is 1. The minimum absolute atomic E-state index is 0.0762. The lowest BCUT2D eigenvalue weighted by molar-refractivity contribution is -0.139. The van der Waals surface area contributed by atoms with Crippen LogP contribution in [0, 0.1) is 11.3 Å². The minimum Gasteiger partial charge on any atom is -0.489 e. The molecule has 31 heavy (non-hydrogen) atoms. The van der Waals surface area contributed by atoms with Crippen LogP contribution in [0.4, 0.5) is 0 Å². The molecule has 0 spiro atoms. The number of allylic oxidation sites excluding steroid dienone is 2. The van der Waals surface area contributed by atoms with Crippen LogP contribution >= 0.6 is 23.2 Å². The van der Waals surface area contributed by atoms with Crippen LogP contribution in [-0.4, -0.2) is 12.6 Å². The van der Waals surface area contributed by atoms with Crippen molar-refractivity contribution in [3.05, 3.63) is 86.4 Å². The molecule has 0 radical (unpaired) electrons. The van der Waals surface area contributed by atoms with E-state index in [0.717, 1.165) is 5.56 Å². The molecule has 0 bridgehead atoms. The Labute approximate surface area is 190 Å². The van der Waals surface area contributed by atoms with E-state index in [1.807, 2.05) is 12.1 Å². The average Bonchev–Trinajstić information content (AvgIpc) is 2.73. The molecule has 6 nitrogen and oxygen atoms in total. The minimum atomic E-state index is -0.850. The van der Waals surface area contributed by atoms with Crippen molar-refractivity contribution in [2.45, 2.75) is 26.4 Å². The Morgan fingerprint density at radius 2 is 1.87 bits per heavy atom. The van der Waals surface area contributed by atoms with Gasteiger partial charge in [0, 0.05) is 15.6 Å². The van der Waals surface area contributed by atoms with Crippen molar-refractivity contribution in [3.8, 4) is 11.8 Å². The topological polar surface area (TPSA) is 94.6 Å². The molecule has 2 N–H and O–H groups in total. The summed E-state index contributed by atoms with van der Waals surface area (Å²) in [6.07, 6.45) is 0. The standard InChI is InChI=1S/C23H20Cl2N2O4/c1-3-29-23(28)20-13(2)31-22(27)18(11-26)21(20)17-10-16(25)8-9-19(17)30-12-14-4-6-15(24)7-5-14/h4-10,21H,3,12,27H2,1-2H3. The molecule has 160 valence electrons. The number of hydrogen-bond acceptors (Lipinski definition) is 6. The van der Waals surface area contributed by atoms with Crippen molar-refractivity contribution in [2.75, 3.05) is 6.61 Å². The van der Waals surface area contributed by atoms with Crippen LogP contribution in [0.2, 0.25) is 10.0 Å². The fraction of sp³-hybridized carbons (Fsp3) is 0.217. The number of nitrogens with two attached hydrogens (primary N) is 1. The van der Waals surface area contributed by atoms with Gasteiger partial charge in [0.2, 0.25) is 5.88 Å². The Morgan fingerprint density at radius 1 is 1.19 bits per heavy atom. The second-order valence-corrected chi connectivity index (χ2v) is 7.59. The number of halogens is 2. The van der Waals surface area contributed by atoms with Gasteiger partial charge in [0.25, 0.3) is 0 Å². The fourth-order valence-corrected chi connectivity index (χ4v) is 3.59. The van der Waals surface area contributed by atoms with Crippen molar-refractivity contribution in [1.82, 2.24) is 0 Å². The summed E-state index contributed by atoms with van der Waals surface area (Å²) >= 11 is 12.2. The number of nitrogens with zero attached hydrogens (tertiary/aromatic N) is 1. The summed E-state index contributed by atoms with van der Waals surface area (Å²) in [5.74, 6) is -0.836. The highest BCUT2D eigenvalue weighted by molar-refractivity contribution is 6.31. The molecule has 1 aliphatic rings. The van der Waals surface area contributed by atoms with Gasteiger partial charge >= 0.3 is 5.97 Å². The van der Waals surface area contributed by atoms with Crippen LogP contribution in [0.15, 0.2) is 65.3 Å². The Balaban J connectivity index is 2.07. The zero-order valence-electron chi connectivity index (χ0n) is 16.9. The molecule has 0 aromatic heterocycles. The van der Waals surface area contributed by atoms with Crippen LogP contribution in [0.25, 0.3) is 0 Å². The fourth-order valence-electron chi connectivity index (χ4n) is 3.28. The molecule has 2 aromatic carbocycles. The maximum Gasteiger partial charge on any atom is 0.338 e. The molecule has 3 rings (SSSR count). The van der Waals surface area contributed by atoms with Gasteiger partial charge in [0.05, 0.1) is 18.1 Å². The predicted molar refractivity (Wildman–Crippen MR) is 117 cm³/mol. The van der Waals surface area contributed by atoms with Gasteiger partial charge in [0.15, 0.2) is 0 Å².